The van der Waals surface area contributed by atoms with E-state index in [1.807, 2.05) is 0 Å². The Hall–Kier alpha value is -3.03. The van der Waals surface area contributed by atoms with E-state index < -0.39 is 10.5 Å². The molecule has 0 atom stereocenters. The van der Waals surface area contributed by atoms with Crippen LogP contribution in [0.3, 0.4) is 0 Å². The van der Waals surface area contributed by atoms with Crippen LogP contribution in [-0.2, 0) is 0 Å². The number of hydrogen-bond donors (Lipinski definition) is 2. The van der Waals surface area contributed by atoms with Crippen molar-refractivity contribution in [3.8, 4) is 11.4 Å². The first-order valence-electron chi connectivity index (χ1n) is 5.33. The summed E-state index contributed by atoms with van der Waals surface area (Å²) in [7, 11) is 0. The molecule has 8 nitrogen and oxygen atoms in total. The van der Waals surface area contributed by atoms with Gasteiger partial charge in [-0.05, 0) is 12.1 Å². The molecule has 0 aromatic carbocycles. The third-order valence-electron chi connectivity index (χ3n) is 2.66. The number of aromatic amines is 2. The first-order chi connectivity index (χ1) is 9.16. The average Bonchev–Trinajstić information content (AvgIpc) is 2.85. The normalized spacial score (nSPS) is 10.7. The second kappa shape index (κ2) is 4.02. The van der Waals surface area contributed by atoms with Gasteiger partial charge >= 0.3 is 5.69 Å². The lowest BCUT2D eigenvalue weighted by Gasteiger charge is -1.92. The number of rotatable bonds is 2. The van der Waals surface area contributed by atoms with Crippen LogP contribution >= 0.6 is 0 Å². The molecule has 94 valence electrons. The van der Waals surface area contributed by atoms with E-state index in [-0.39, 0.29) is 16.7 Å². The highest BCUT2D eigenvalue weighted by molar-refractivity contribution is 5.86. The van der Waals surface area contributed by atoms with Crippen LogP contribution in [0, 0.1) is 10.1 Å². The van der Waals surface area contributed by atoms with Gasteiger partial charge in [0.15, 0.2) is 5.52 Å². The fourth-order valence-electron chi connectivity index (χ4n) is 1.78. The van der Waals surface area contributed by atoms with Gasteiger partial charge in [-0.3, -0.25) is 19.9 Å². The number of H-pyrrole nitrogens is 2. The molecule has 0 saturated heterocycles. The molecule has 8 heteroatoms. The van der Waals surface area contributed by atoms with E-state index in [9.17, 15) is 14.9 Å². The van der Waals surface area contributed by atoms with Crippen LogP contribution in [0.2, 0.25) is 0 Å². The van der Waals surface area contributed by atoms with E-state index >= 15 is 0 Å². The van der Waals surface area contributed by atoms with Crippen molar-refractivity contribution in [1.82, 2.24) is 19.9 Å². The molecule has 3 aromatic heterocycles. The quantitative estimate of drug-likeness (QED) is 0.528. The number of aromatic nitrogens is 4. The van der Waals surface area contributed by atoms with Crippen molar-refractivity contribution in [1.29, 1.82) is 0 Å². The predicted molar refractivity (Wildman–Crippen MR) is 66.6 cm³/mol. The van der Waals surface area contributed by atoms with Crippen LogP contribution in [0.25, 0.3) is 22.4 Å². The fraction of sp³-hybridized carbons (Fsp3) is 0. The maximum atomic E-state index is 11.6. The molecule has 2 N–H and O–H groups in total. The van der Waals surface area contributed by atoms with Gasteiger partial charge in [0.2, 0.25) is 0 Å². The molecule has 0 fully saturated rings. The fourth-order valence-corrected chi connectivity index (χ4v) is 1.78. The van der Waals surface area contributed by atoms with Gasteiger partial charge in [-0.25, -0.2) is 4.98 Å². The summed E-state index contributed by atoms with van der Waals surface area (Å²) in [5.41, 5.74) is 0.126. The molecule has 0 bridgehead atoms. The van der Waals surface area contributed by atoms with E-state index in [1.54, 1.807) is 24.5 Å². The van der Waals surface area contributed by atoms with E-state index in [1.165, 1.54) is 0 Å². The number of pyridine rings is 2. The van der Waals surface area contributed by atoms with Crippen molar-refractivity contribution in [3.05, 3.63) is 51.2 Å². The SMILES string of the molecule is O=c1[nH]cc([N+](=O)[O-])c2nc(-c3ccncc3)[nH]c12. The molecule has 3 rings (SSSR count). The Balaban J connectivity index is 2.32. The number of imidazole rings is 1. The summed E-state index contributed by atoms with van der Waals surface area (Å²) >= 11 is 0. The molecule has 0 amide bonds. The summed E-state index contributed by atoms with van der Waals surface area (Å²) in [5, 5.41) is 10.9. The van der Waals surface area contributed by atoms with Crippen LogP contribution in [0.1, 0.15) is 0 Å². The summed E-state index contributed by atoms with van der Waals surface area (Å²) in [5.74, 6) is 0.386. The van der Waals surface area contributed by atoms with Crippen LogP contribution in [0.15, 0.2) is 35.5 Å². The average molecular weight is 257 g/mol. The lowest BCUT2D eigenvalue weighted by molar-refractivity contribution is -0.383. The van der Waals surface area contributed by atoms with Gasteiger partial charge in [-0.1, -0.05) is 0 Å². The Bertz CT molecular complexity index is 821. The first kappa shape index (κ1) is 11.1. The highest BCUT2D eigenvalue weighted by atomic mass is 16.6. The molecule has 3 heterocycles. The summed E-state index contributed by atoms with van der Waals surface area (Å²) in [4.78, 5) is 35.0. The lowest BCUT2D eigenvalue weighted by atomic mass is 10.2. The monoisotopic (exact) mass is 257 g/mol. The zero-order valence-corrected chi connectivity index (χ0v) is 9.45. The van der Waals surface area contributed by atoms with Gasteiger partial charge in [0.1, 0.15) is 11.3 Å². The topological polar surface area (TPSA) is 118 Å². The molecule has 0 saturated carbocycles. The lowest BCUT2D eigenvalue weighted by Crippen LogP contribution is -2.06. The van der Waals surface area contributed by atoms with Crippen LogP contribution in [0.4, 0.5) is 5.69 Å². The van der Waals surface area contributed by atoms with Gasteiger partial charge in [0.25, 0.3) is 5.56 Å². The molecule has 0 aliphatic carbocycles. The molecule has 3 aromatic rings. The minimum atomic E-state index is -0.588. The number of nitrogens with zero attached hydrogens (tertiary/aromatic N) is 3. The van der Waals surface area contributed by atoms with Crippen molar-refractivity contribution in [2.24, 2.45) is 0 Å². The molecule has 0 radical (unpaired) electrons. The van der Waals surface area contributed by atoms with Crippen molar-refractivity contribution < 1.29 is 4.92 Å². The maximum absolute atomic E-state index is 11.6. The minimum absolute atomic E-state index is 0.0422. The minimum Gasteiger partial charge on any atom is -0.333 e. The van der Waals surface area contributed by atoms with Crippen molar-refractivity contribution in [2.45, 2.75) is 0 Å². The number of nitro groups is 1. The van der Waals surface area contributed by atoms with E-state index in [0.29, 0.717) is 11.4 Å². The molecular weight excluding hydrogens is 250 g/mol. The van der Waals surface area contributed by atoms with E-state index in [4.69, 9.17) is 0 Å². The molecule has 19 heavy (non-hydrogen) atoms. The third-order valence-corrected chi connectivity index (χ3v) is 2.66. The Morgan fingerprint density at radius 2 is 2.00 bits per heavy atom. The standard InChI is InChI=1S/C11H7N5O3/c17-11-9-8(7(5-13-11)16(18)19)14-10(15-9)6-1-3-12-4-2-6/h1-5H,(H,13,17)(H,14,15). The number of hydrogen-bond acceptors (Lipinski definition) is 5. The number of nitrogens with one attached hydrogen (secondary N) is 2. The summed E-state index contributed by atoms with van der Waals surface area (Å²) in [6.45, 7) is 0. The van der Waals surface area contributed by atoms with Crippen LogP contribution in [0.5, 0.6) is 0 Å². The molecule has 0 aliphatic rings. The maximum Gasteiger partial charge on any atom is 0.313 e. The molecule has 0 unspecified atom stereocenters. The zero-order valence-electron chi connectivity index (χ0n) is 9.45. The Kier molecular flexibility index (Phi) is 2.34. The van der Waals surface area contributed by atoms with Crippen molar-refractivity contribution in [3.63, 3.8) is 0 Å². The first-order valence-corrected chi connectivity index (χ1v) is 5.33. The van der Waals surface area contributed by atoms with Gasteiger partial charge in [0.05, 0.1) is 11.1 Å². The Labute approximate surface area is 105 Å². The van der Waals surface area contributed by atoms with E-state index in [0.717, 1.165) is 6.20 Å². The third kappa shape index (κ3) is 1.75. The van der Waals surface area contributed by atoms with Gasteiger partial charge < -0.3 is 9.97 Å². The van der Waals surface area contributed by atoms with Gasteiger partial charge in [-0.15, -0.1) is 0 Å². The zero-order chi connectivity index (χ0) is 13.4. The van der Waals surface area contributed by atoms with Crippen molar-refractivity contribution >= 4 is 16.7 Å². The summed E-state index contributed by atoms with van der Waals surface area (Å²) in [6, 6.07) is 3.38. The largest absolute Gasteiger partial charge is 0.333 e. The Morgan fingerprint density at radius 3 is 2.68 bits per heavy atom. The molecule has 0 spiro atoms. The second-order valence-corrected chi connectivity index (χ2v) is 3.81. The highest BCUT2D eigenvalue weighted by Gasteiger charge is 2.18. The summed E-state index contributed by atoms with van der Waals surface area (Å²) in [6.07, 6.45) is 4.18. The van der Waals surface area contributed by atoms with Crippen molar-refractivity contribution in [2.75, 3.05) is 0 Å². The Morgan fingerprint density at radius 1 is 1.26 bits per heavy atom. The van der Waals surface area contributed by atoms with Crippen LogP contribution < -0.4 is 5.56 Å². The molecule has 0 aliphatic heterocycles. The van der Waals surface area contributed by atoms with Gasteiger partial charge in [0, 0.05) is 18.0 Å². The summed E-state index contributed by atoms with van der Waals surface area (Å²) < 4.78 is 0. The number of fused-ring (bicyclic) bond motifs is 1. The van der Waals surface area contributed by atoms with Crippen LogP contribution in [-0.4, -0.2) is 24.9 Å². The molecular formula is C11H7N5O3. The van der Waals surface area contributed by atoms with Gasteiger partial charge in [-0.2, -0.15) is 0 Å². The second-order valence-electron chi connectivity index (χ2n) is 3.81. The smallest absolute Gasteiger partial charge is 0.313 e. The predicted octanol–water partition coefficient (Wildman–Crippen LogP) is 1.22. The highest BCUT2D eigenvalue weighted by Crippen LogP contribution is 2.23. The van der Waals surface area contributed by atoms with E-state index in [2.05, 4.69) is 19.9 Å².